The highest BCUT2D eigenvalue weighted by Gasteiger charge is 2.22. The van der Waals surface area contributed by atoms with Crippen LogP contribution in [-0.2, 0) is 23.1 Å². The zero-order valence-corrected chi connectivity index (χ0v) is 12.2. The molecule has 0 amide bonds. The second kappa shape index (κ2) is 5.83. The summed E-state index contributed by atoms with van der Waals surface area (Å²) in [5.41, 5.74) is 7.31. The van der Waals surface area contributed by atoms with Crippen molar-refractivity contribution in [3.8, 4) is 0 Å². The zero-order chi connectivity index (χ0) is 13.9. The molecule has 0 bridgehead atoms. The minimum Gasteiger partial charge on any atom is -0.326 e. The first kappa shape index (κ1) is 14.2. The molecule has 0 aliphatic rings. The largest absolute Gasteiger partial charge is 0.326 e. The standard InChI is InChI=1S/C13H16N2O2S2/c1-15(9-11-5-3-2-4-6-11)19(16,17)13-7-12(8-14)10-18-13/h2-7,10H,8-9,14H2,1H3. The number of hydrogen-bond acceptors (Lipinski definition) is 4. The zero-order valence-electron chi connectivity index (χ0n) is 10.6. The summed E-state index contributed by atoms with van der Waals surface area (Å²) >= 11 is 1.21. The van der Waals surface area contributed by atoms with E-state index in [4.69, 9.17) is 5.73 Å². The summed E-state index contributed by atoms with van der Waals surface area (Å²) in [5, 5.41) is 1.78. The average molecular weight is 296 g/mol. The molecule has 1 heterocycles. The van der Waals surface area contributed by atoms with E-state index in [2.05, 4.69) is 0 Å². The Labute approximate surface area is 117 Å². The molecule has 2 rings (SSSR count). The molecule has 2 aromatic rings. The molecule has 0 atom stereocenters. The second-order valence-electron chi connectivity index (χ2n) is 4.22. The lowest BCUT2D eigenvalue weighted by atomic mass is 10.2. The molecule has 6 heteroatoms. The quantitative estimate of drug-likeness (QED) is 0.918. The topological polar surface area (TPSA) is 63.4 Å². The van der Waals surface area contributed by atoms with Crippen molar-refractivity contribution in [2.45, 2.75) is 17.3 Å². The number of benzene rings is 1. The third-order valence-electron chi connectivity index (χ3n) is 2.78. The van der Waals surface area contributed by atoms with Crippen LogP contribution in [0.25, 0.3) is 0 Å². The van der Waals surface area contributed by atoms with Crippen LogP contribution in [0.3, 0.4) is 0 Å². The van der Waals surface area contributed by atoms with Crippen molar-refractivity contribution in [3.05, 3.63) is 52.9 Å². The maximum absolute atomic E-state index is 12.4. The molecule has 102 valence electrons. The molecule has 19 heavy (non-hydrogen) atoms. The van der Waals surface area contributed by atoms with Crippen LogP contribution >= 0.6 is 11.3 Å². The van der Waals surface area contributed by atoms with Gasteiger partial charge in [-0.2, -0.15) is 4.31 Å². The Morgan fingerprint density at radius 2 is 1.89 bits per heavy atom. The lowest BCUT2D eigenvalue weighted by Gasteiger charge is -2.15. The molecule has 4 nitrogen and oxygen atoms in total. The summed E-state index contributed by atoms with van der Waals surface area (Å²) in [7, 11) is -1.84. The first-order chi connectivity index (χ1) is 9.04. The van der Waals surface area contributed by atoms with E-state index < -0.39 is 10.0 Å². The SMILES string of the molecule is CN(Cc1ccccc1)S(=O)(=O)c1cc(CN)cs1. The molecule has 0 unspecified atom stereocenters. The third kappa shape index (κ3) is 3.22. The van der Waals surface area contributed by atoms with Gasteiger partial charge < -0.3 is 5.73 Å². The molecule has 0 saturated heterocycles. The minimum absolute atomic E-state index is 0.339. The maximum Gasteiger partial charge on any atom is 0.252 e. The van der Waals surface area contributed by atoms with Gasteiger partial charge >= 0.3 is 0 Å². The number of nitrogens with two attached hydrogens (primary N) is 1. The van der Waals surface area contributed by atoms with Crippen molar-refractivity contribution in [3.63, 3.8) is 0 Å². The van der Waals surface area contributed by atoms with Crippen molar-refractivity contribution in [1.29, 1.82) is 0 Å². The van der Waals surface area contributed by atoms with Crippen LogP contribution in [0.4, 0.5) is 0 Å². The lowest BCUT2D eigenvalue weighted by molar-refractivity contribution is 0.468. The van der Waals surface area contributed by atoms with E-state index in [1.807, 2.05) is 30.3 Å². The minimum atomic E-state index is -3.43. The highest BCUT2D eigenvalue weighted by Crippen LogP contribution is 2.24. The van der Waals surface area contributed by atoms with Crippen LogP contribution in [0.15, 0.2) is 46.0 Å². The van der Waals surface area contributed by atoms with Gasteiger partial charge in [-0.25, -0.2) is 8.42 Å². The van der Waals surface area contributed by atoms with Crippen LogP contribution in [0, 0.1) is 0 Å². The first-order valence-electron chi connectivity index (χ1n) is 5.82. The van der Waals surface area contributed by atoms with Gasteiger partial charge in [0.1, 0.15) is 4.21 Å². The number of thiophene rings is 1. The fourth-order valence-corrected chi connectivity index (χ4v) is 4.26. The Bertz CT molecular complexity index is 636. The lowest BCUT2D eigenvalue weighted by Crippen LogP contribution is -2.25. The average Bonchev–Trinajstić information content (AvgIpc) is 2.89. The Balaban J connectivity index is 2.19. The normalized spacial score (nSPS) is 11.9. The molecule has 0 aliphatic heterocycles. The molecule has 0 fully saturated rings. The molecule has 2 N–H and O–H groups in total. The molecule has 0 spiro atoms. The van der Waals surface area contributed by atoms with Gasteiger partial charge in [0.05, 0.1) is 0 Å². The van der Waals surface area contributed by atoms with Crippen molar-refractivity contribution < 1.29 is 8.42 Å². The number of rotatable bonds is 5. The molecular weight excluding hydrogens is 280 g/mol. The van der Waals surface area contributed by atoms with Crippen molar-refractivity contribution >= 4 is 21.4 Å². The van der Waals surface area contributed by atoms with Crippen molar-refractivity contribution in [2.24, 2.45) is 5.73 Å². The fraction of sp³-hybridized carbons (Fsp3) is 0.231. The summed E-state index contributed by atoms with van der Waals surface area (Å²) in [6.07, 6.45) is 0. The Morgan fingerprint density at radius 1 is 1.21 bits per heavy atom. The molecule has 1 aromatic heterocycles. The monoisotopic (exact) mass is 296 g/mol. The van der Waals surface area contributed by atoms with Gasteiger partial charge in [0.25, 0.3) is 10.0 Å². The van der Waals surface area contributed by atoms with Crippen molar-refractivity contribution in [2.75, 3.05) is 7.05 Å². The summed E-state index contributed by atoms with van der Waals surface area (Å²) in [4.78, 5) is 0. The summed E-state index contributed by atoms with van der Waals surface area (Å²) < 4.78 is 26.4. The van der Waals surface area contributed by atoms with Gasteiger partial charge in [0, 0.05) is 20.1 Å². The highest BCUT2D eigenvalue weighted by atomic mass is 32.2. The predicted molar refractivity (Wildman–Crippen MR) is 77.3 cm³/mol. The van der Waals surface area contributed by atoms with Crippen LogP contribution in [0.2, 0.25) is 0 Å². The first-order valence-corrected chi connectivity index (χ1v) is 8.14. The van der Waals surface area contributed by atoms with Gasteiger partial charge in [-0.1, -0.05) is 30.3 Å². The van der Waals surface area contributed by atoms with Gasteiger partial charge in [-0.05, 0) is 22.6 Å². The van der Waals surface area contributed by atoms with Crippen LogP contribution in [0.5, 0.6) is 0 Å². The Morgan fingerprint density at radius 3 is 2.47 bits per heavy atom. The van der Waals surface area contributed by atoms with Crippen molar-refractivity contribution in [1.82, 2.24) is 4.31 Å². The summed E-state index contributed by atoms with van der Waals surface area (Å²) in [6.45, 7) is 0.716. The maximum atomic E-state index is 12.4. The van der Waals surface area contributed by atoms with E-state index in [-0.39, 0.29) is 0 Å². The van der Waals surface area contributed by atoms with E-state index in [9.17, 15) is 8.42 Å². The van der Waals surface area contributed by atoms with E-state index in [0.29, 0.717) is 17.3 Å². The predicted octanol–water partition coefficient (Wildman–Crippen LogP) is 2.03. The second-order valence-corrected chi connectivity index (χ2v) is 7.41. The molecule has 0 aliphatic carbocycles. The van der Waals surface area contributed by atoms with Crippen LogP contribution in [0.1, 0.15) is 11.1 Å². The Kier molecular flexibility index (Phi) is 4.36. The van der Waals surface area contributed by atoms with E-state index in [1.165, 1.54) is 15.6 Å². The van der Waals surface area contributed by atoms with E-state index in [0.717, 1.165) is 11.1 Å². The number of nitrogens with zero attached hydrogens (tertiary/aromatic N) is 1. The number of sulfonamides is 1. The summed E-state index contributed by atoms with van der Waals surface area (Å²) in [6, 6.07) is 11.2. The van der Waals surface area contributed by atoms with Crippen LogP contribution < -0.4 is 5.73 Å². The fourth-order valence-electron chi connectivity index (χ4n) is 1.67. The molecule has 0 saturated carbocycles. The van der Waals surface area contributed by atoms with Crippen LogP contribution in [-0.4, -0.2) is 19.8 Å². The van der Waals surface area contributed by atoms with Gasteiger partial charge in [-0.15, -0.1) is 11.3 Å². The van der Waals surface area contributed by atoms with Gasteiger partial charge in [0.15, 0.2) is 0 Å². The molecule has 1 aromatic carbocycles. The van der Waals surface area contributed by atoms with E-state index >= 15 is 0 Å². The summed E-state index contributed by atoms with van der Waals surface area (Å²) in [5.74, 6) is 0. The van der Waals surface area contributed by atoms with Gasteiger partial charge in [-0.3, -0.25) is 0 Å². The van der Waals surface area contributed by atoms with E-state index in [1.54, 1.807) is 18.5 Å². The Hall–Kier alpha value is -1.21. The third-order valence-corrected chi connectivity index (χ3v) is 6.05. The smallest absolute Gasteiger partial charge is 0.252 e. The highest BCUT2D eigenvalue weighted by molar-refractivity contribution is 7.91. The number of hydrogen-bond donors (Lipinski definition) is 1. The van der Waals surface area contributed by atoms with Gasteiger partial charge in [0.2, 0.25) is 0 Å². The molecular formula is C13H16N2O2S2. The molecule has 0 radical (unpaired) electrons.